The molecular formula is C22H26ClFN2O2. The molecule has 0 bridgehead atoms. The fourth-order valence-corrected chi connectivity index (χ4v) is 3.53. The Kier molecular flexibility index (Phi) is 7.43. The van der Waals surface area contributed by atoms with Crippen molar-refractivity contribution in [3.63, 3.8) is 0 Å². The third-order valence-electron chi connectivity index (χ3n) is 4.78. The number of nitrogens with zero attached hydrogens (tertiary/aromatic N) is 2. The molecule has 0 spiro atoms. The third kappa shape index (κ3) is 6.03. The number of rotatable bonds is 9. The van der Waals surface area contributed by atoms with Crippen molar-refractivity contribution in [1.29, 1.82) is 0 Å². The van der Waals surface area contributed by atoms with Gasteiger partial charge in [0.1, 0.15) is 11.9 Å². The van der Waals surface area contributed by atoms with Crippen molar-refractivity contribution in [2.24, 2.45) is 5.16 Å². The molecule has 0 amide bonds. The van der Waals surface area contributed by atoms with Gasteiger partial charge in [0.15, 0.2) is 0 Å². The molecule has 150 valence electrons. The van der Waals surface area contributed by atoms with Gasteiger partial charge in [0.05, 0.1) is 11.8 Å². The van der Waals surface area contributed by atoms with E-state index in [2.05, 4.69) is 17.0 Å². The summed E-state index contributed by atoms with van der Waals surface area (Å²) in [7, 11) is 0. The zero-order valence-corrected chi connectivity index (χ0v) is 16.8. The maximum atomic E-state index is 13.2. The molecule has 28 heavy (non-hydrogen) atoms. The topological polar surface area (TPSA) is 45.1 Å². The lowest BCUT2D eigenvalue weighted by Gasteiger charge is -2.27. The fraction of sp³-hybridized carbons (Fsp3) is 0.409. The number of aliphatic hydroxyl groups excluding tert-OH is 1. The van der Waals surface area contributed by atoms with E-state index in [4.69, 9.17) is 16.4 Å². The summed E-state index contributed by atoms with van der Waals surface area (Å²) >= 11 is 5.95. The van der Waals surface area contributed by atoms with Gasteiger partial charge in [-0.05, 0) is 41.8 Å². The van der Waals surface area contributed by atoms with Crippen LogP contribution >= 0.6 is 11.6 Å². The zero-order chi connectivity index (χ0) is 19.9. The highest BCUT2D eigenvalue weighted by Crippen LogP contribution is 2.20. The van der Waals surface area contributed by atoms with Crippen LogP contribution in [0, 0.1) is 5.82 Å². The van der Waals surface area contributed by atoms with Gasteiger partial charge in [0.2, 0.25) is 0 Å². The highest BCUT2D eigenvalue weighted by atomic mass is 35.5. The molecule has 1 heterocycles. The van der Waals surface area contributed by atoms with Crippen LogP contribution < -0.4 is 0 Å². The van der Waals surface area contributed by atoms with Crippen molar-refractivity contribution < 1.29 is 14.3 Å². The summed E-state index contributed by atoms with van der Waals surface area (Å²) in [5.41, 5.74) is 2.91. The highest BCUT2D eigenvalue weighted by Gasteiger charge is 2.25. The van der Waals surface area contributed by atoms with Crippen LogP contribution in [0.3, 0.4) is 0 Å². The first-order valence-electron chi connectivity index (χ1n) is 9.67. The van der Waals surface area contributed by atoms with E-state index in [0.29, 0.717) is 31.1 Å². The molecule has 1 aliphatic rings. The van der Waals surface area contributed by atoms with Crippen LogP contribution in [0.5, 0.6) is 0 Å². The summed E-state index contributed by atoms with van der Waals surface area (Å²) in [6.07, 6.45) is 1.89. The van der Waals surface area contributed by atoms with E-state index in [-0.39, 0.29) is 11.9 Å². The summed E-state index contributed by atoms with van der Waals surface area (Å²) in [6, 6.07) is 14.0. The smallest absolute Gasteiger partial charge is 0.145 e. The normalized spacial score (nSPS) is 17.5. The molecule has 2 aromatic carbocycles. The fourth-order valence-electron chi connectivity index (χ4n) is 3.40. The lowest BCUT2D eigenvalue weighted by molar-refractivity contribution is 0.0305. The van der Waals surface area contributed by atoms with Gasteiger partial charge in [-0.15, -0.1) is 0 Å². The number of hydrogen-bond donors (Lipinski definition) is 1. The molecule has 0 radical (unpaired) electrons. The molecule has 1 N–H and O–H groups in total. The first kappa shape index (κ1) is 20.8. The monoisotopic (exact) mass is 404 g/mol. The van der Waals surface area contributed by atoms with E-state index in [1.165, 1.54) is 12.1 Å². The van der Waals surface area contributed by atoms with Gasteiger partial charge in [-0.2, -0.15) is 0 Å². The summed E-state index contributed by atoms with van der Waals surface area (Å²) in [4.78, 5) is 7.80. The second-order valence-electron chi connectivity index (χ2n) is 7.24. The van der Waals surface area contributed by atoms with Crippen LogP contribution in [0.4, 0.5) is 4.39 Å². The predicted octanol–water partition coefficient (Wildman–Crippen LogP) is 4.64. The van der Waals surface area contributed by atoms with Crippen molar-refractivity contribution in [3.05, 3.63) is 70.5 Å². The largest absolute Gasteiger partial charge is 0.392 e. The molecule has 0 aliphatic carbocycles. The van der Waals surface area contributed by atoms with Gasteiger partial charge in [-0.25, -0.2) is 4.39 Å². The molecule has 2 unspecified atom stereocenters. The third-order valence-corrected chi connectivity index (χ3v) is 5.03. The minimum atomic E-state index is -0.400. The van der Waals surface area contributed by atoms with Crippen molar-refractivity contribution in [1.82, 2.24) is 4.90 Å². The summed E-state index contributed by atoms with van der Waals surface area (Å²) in [6.45, 7) is 3.86. The second kappa shape index (κ2) is 10.0. The van der Waals surface area contributed by atoms with Gasteiger partial charge < -0.3 is 9.94 Å². The molecule has 6 heteroatoms. The van der Waals surface area contributed by atoms with E-state index in [9.17, 15) is 9.50 Å². The maximum Gasteiger partial charge on any atom is 0.145 e. The lowest BCUT2D eigenvalue weighted by atomic mass is 10.0. The van der Waals surface area contributed by atoms with E-state index >= 15 is 0 Å². The average molecular weight is 405 g/mol. The molecule has 2 atom stereocenters. The van der Waals surface area contributed by atoms with Crippen molar-refractivity contribution in [3.8, 4) is 0 Å². The van der Waals surface area contributed by atoms with Crippen molar-refractivity contribution in [2.75, 3.05) is 13.1 Å². The quantitative estimate of drug-likeness (QED) is 0.662. The second-order valence-corrected chi connectivity index (χ2v) is 7.68. The molecule has 0 saturated carbocycles. The average Bonchev–Trinajstić information content (AvgIpc) is 3.13. The summed E-state index contributed by atoms with van der Waals surface area (Å²) in [5.74, 6) is -0.249. The Morgan fingerprint density at radius 2 is 1.93 bits per heavy atom. The van der Waals surface area contributed by atoms with Gasteiger partial charge in [-0.1, -0.05) is 54.4 Å². The van der Waals surface area contributed by atoms with E-state index in [0.717, 1.165) is 29.7 Å². The van der Waals surface area contributed by atoms with E-state index in [1.807, 2.05) is 24.3 Å². The zero-order valence-electron chi connectivity index (χ0n) is 16.0. The molecule has 0 aromatic heterocycles. The Morgan fingerprint density at radius 1 is 1.21 bits per heavy atom. The Morgan fingerprint density at radius 3 is 2.61 bits per heavy atom. The Balaban J connectivity index is 1.62. The Labute approximate surface area is 170 Å². The van der Waals surface area contributed by atoms with Crippen molar-refractivity contribution >= 4 is 17.3 Å². The molecule has 0 saturated heterocycles. The number of hydrogen-bond acceptors (Lipinski definition) is 4. The van der Waals surface area contributed by atoms with Crippen LogP contribution in [0.25, 0.3) is 0 Å². The minimum absolute atomic E-state index is 0.0834. The number of aliphatic hydroxyl groups is 1. The molecule has 2 aromatic rings. The maximum absolute atomic E-state index is 13.2. The van der Waals surface area contributed by atoms with Crippen LogP contribution in [-0.4, -0.2) is 41.0 Å². The Bertz CT molecular complexity index is 780. The summed E-state index contributed by atoms with van der Waals surface area (Å²) in [5, 5.41) is 15.2. The lowest BCUT2D eigenvalue weighted by Crippen LogP contribution is -2.37. The first-order chi connectivity index (χ1) is 13.5. The molecule has 1 aliphatic heterocycles. The predicted molar refractivity (Wildman–Crippen MR) is 110 cm³/mol. The molecule has 4 nitrogen and oxygen atoms in total. The molecule has 0 fully saturated rings. The standard InChI is InChI=1S/C22H26ClFN2O2/c1-2-3-20(27)14-26(13-16-4-10-19(24)11-5-16)15-21-12-22(25-28-21)17-6-8-18(23)9-7-17/h4-11,20-21,27H,2-3,12-15H2,1H3. The number of oxime groups is 1. The highest BCUT2D eigenvalue weighted by molar-refractivity contribution is 6.30. The van der Waals surface area contributed by atoms with Gasteiger partial charge in [0.25, 0.3) is 0 Å². The van der Waals surface area contributed by atoms with Gasteiger partial charge in [-0.3, -0.25) is 4.90 Å². The Hall–Kier alpha value is -1.95. The molecule has 3 rings (SSSR count). The minimum Gasteiger partial charge on any atom is -0.392 e. The first-order valence-corrected chi connectivity index (χ1v) is 10.0. The number of halogens is 2. The van der Waals surface area contributed by atoms with E-state index in [1.54, 1.807) is 12.1 Å². The van der Waals surface area contributed by atoms with Gasteiger partial charge >= 0.3 is 0 Å². The van der Waals surface area contributed by atoms with Crippen LogP contribution in [0.15, 0.2) is 53.7 Å². The summed E-state index contributed by atoms with van der Waals surface area (Å²) < 4.78 is 13.2. The van der Waals surface area contributed by atoms with Crippen molar-refractivity contribution in [2.45, 2.75) is 44.9 Å². The van der Waals surface area contributed by atoms with Crippen LogP contribution in [0.1, 0.15) is 37.3 Å². The number of benzene rings is 2. The van der Waals surface area contributed by atoms with Crippen LogP contribution in [-0.2, 0) is 11.4 Å². The van der Waals surface area contributed by atoms with Crippen LogP contribution in [0.2, 0.25) is 5.02 Å². The molecular weight excluding hydrogens is 379 g/mol. The van der Waals surface area contributed by atoms with E-state index < -0.39 is 6.10 Å². The van der Waals surface area contributed by atoms with Gasteiger partial charge in [0, 0.05) is 31.1 Å². The SMILES string of the molecule is CCCC(O)CN(Cc1ccc(F)cc1)CC1CC(c2ccc(Cl)cc2)=NO1.